The fourth-order valence-electron chi connectivity index (χ4n) is 1.43. The number of hydrogen-bond donors (Lipinski definition) is 2. The van der Waals surface area contributed by atoms with Gasteiger partial charge in [-0.25, -0.2) is 0 Å². The Kier molecular flexibility index (Phi) is 3.38. The second kappa shape index (κ2) is 5.13. The molecule has 0 atom stereocenters. The molecule has 1 amide bonds. The first-order valence-corrected chi connectivity index (χ1v) is 5.26. The van der Waals surface area contributed by atoms with E-state index >= 15 is 0 Å². The Morgan fingerprint density at radius 2 is 2.00 bits per heavy atom. The highest BCUT2D eigenvalue weighted by Crippen LogP contribution is 2.08. The van der Waals surface area contributed by atoms with Crippen LogP contribution in [0.5, 0.6) is 0 Å². The van der Waals surface area contributed by atoms with Crippen molar-refractivity contribution in [2.24, 2.45) is 0 Å². The van der Waals surface area contributed by atoms with E-state index in [1.54, 1.807) is 12.1 Å². The van der Waals surface area contributed by atoms with Crippen molar-refractivity contribution in [3.63, 3.8) is 0 Å². The zero-order chi connectivity index (χ0) is 13.0. The first kappa shape index (κ1) is 11.8. The highest BCUT2D eigenvalue weighted by Gasteiger charge is 2.09. The van der Waals surface area contributed by atoms with E-state index in [0.717, 1.165) is 0 Å². The number of aliphatic carboxylic acids is 1. The molecular formula is C12H11N3O3. The monoisotopic (exact) mass is 245 g/mol. The summed E-state index contributed by atoms with van der Waals surface area (Å²) >= 11 is 0. The van der Waals surface area contributed by atoms with Crippen molar-refractivity contribution in [1.82, 2.24) is 9.78 Å². The fourth-order valence-corrected chi connectivity index (χ4v) is 1.43. The standard InChI is InChI=1S/C12H11N3O3/c16-11(17)8-15-7-9(6-13-15)12(18)14-10-4-2-1-3-5-10/h1-7H,8H2,(H,14,18)(H,16,17). The van der Waals surface area contributed by atoms with Crippen LogP contribution < -0.4 is 5.32 Å². The highest BCUT2D eigenvalue weighted by atomic mass is 16.4. The minimum Gasteiger partial charge on any atom is -0.480 e. The molecule has 0 spiro atoms. The number of nitrogens with one attached hydrogen (secondary N) is 1. The largest absolute Gasteiger partial charge is 0.480 e. The molecule has 1 aromatic heterocycles. The predicted molar refractivity (Wildman–Crippen MR) is 64.3 cm³/mol. The Morgan fingerprint density at radius 1 is 1.28 bits per heavy atom. The van der Waals surface area contributed by atoms with Gasteiger partial charge in [0.15, 0.2) is 0 Å². The van der Waals surface area contributed by atoms with Crippen molar-refractivity contribution in [1.29, 1.82) is 0 Å². The Morgan fingerprint density at radius 3 is 2.67 bits per heavy atom. The fraction of sp³-hybridized carbons (Fsp3) is 0.0833. The zero-order valence-electron chi connectivity index (χ0n) is 9.41. The number of carbonyl (C=O) groups is 2. The van der Waals surface area contributed by atoms with Crippen molar-refractivity contribution in [2.75, 3.05) is 5.32 Å². The van der Waals surface area contributed by atoms with Gasteiger partial charge in [-0.05, 0) is 12.1 Å². The third-order valence-corrected chi connectivity index (χ3v) is 2.22. The summed E-state index contributed by atoms with van der Waals surface area (Å²) in [5.41, 5.74) is 0.994. The average molecular weight is 245 g/mol. The molecule has 1 heterocycles. The van der Waals surface area contributed by atoms with Crippen LogP contribution in [0.25, 0.3) is 0 Å². The molecule has 0 aliphatic carbocycles. The summed E-state index contributed by atoms with van der Waals surface area (Å²) in [6.07, 6.45) is 2.73. The van der Waals surface area contributed by atoms with Gasteiger partial charge in [0.05, 0.1) is 11.8 Å². The van der Waals surface area contributed by atoms with Gasteiger partial charge in [0.2, 0.25) is 0 Å². The summed E-state index contributed by atoms with van der Waals surface area (Å²) in [7, 11) is 0. The molecule has 92 valence electrons. The van der Waals surface area contributed by atoms with Gasteiger partial charge < -0.3 is 10.4 Å². The summed E-state index contributed by atoms with van der Waals surface area (Å²) in [4.78, 5) is 22.3. The molecule has 2 aromatic rings. The topological polar surface area (TPSA) is 84.2 Å². The van der Waals surface area contributed by atoms with Crippen molar-refractivity contribution in [3.05, 3.63) is 48.3 Å². The molecule has 0 unspecified atom stereocenters. The lowest BCUT2D eigenvalue weighted by atomic mass is 10.3. The summed E-state index contributed by atoms with van der Waals surface area (Å²) in [6, 6.07) is 8.99. The summed E-state index contributed by atoms with van der Waals surface area (Å²) in [6.45, 7) is -0.265. The predicted octanol–water partition coefficient (Wildman–Crippen LogP) is 1.22. The molecule has 0 fully saturated rings. The number of para-hydroxylation sites is 1. The van der Waals surface area contributed by atoms with Gasteiger partial charge >= 0.3 is 5.97 Å². The van der Waals surface area contributed by atoms with Crippen molar-refractivity contribution < 1.29 is 14.7 Å². The maximum absolute atomic E-state index is 11.8. The van der Waals surface area contributed by atoms with Gasteiger partial charge in [-0.2, -0.15) is 5.10 Å². The van der Waals surface area contributed by atoms with E-state index in [2.05, 4.69) is 10.4 Å². The van der Waals surface area contributed by atoms with Crippen LogP contribution in [0, 0.1) is 0 Å². The van der Waals surface area contributed by atoms with Gasteiger partial charge in [0.1, 0.15) is 6.54 Å². The minimum absolute atomic E-state index is 0.265. The molecular weight excluding hydrogens is 234 g/mol. The van der Waals surface area contributed by atoms with E-state index in [1.165, 1.54) is 17.1 Å². The molecule has 0 aliphatic rings. The second-order valence-corrected chi connectivity index (χ2v) is 3.64. The SMILES string of the molecule is O=C(O)Cn1cc(C(=O)Nc2ccccc2)cn1. The molecule has 0 saturated carbocycles. The van der Waals surface area contributed by atoms with Gasteiger partial charge in [0.25, 0.3) is 5.91 Å². The van der Waals surface area contributed by atoms with E-state index in [1.807, 2.05) is 18.2 Å². The molecule has 2 rings (SSSR count). The summed E-state index contributed by atoms with van der Waals surface area (Å²) in [5, 5.41) is 15.1. The van der Waals surface area contributed by atoms with Crippen LogP contribution in [0.15, 0.2) is 42.7 Å². The number of hydrogen-bond acceptors (Lipinski definition) is 3. The number of carbonyl (C=O) groups excluding carboxylic acids is 1. The summed E-state index contributed by atoms with van der Waals surface area (Å²) < 4.78 is 1.20. The van der Waals surface area contributed by atoms with Crippen LogP contribution in [-0.4, -0.2) is 26.8 Å². The number of aromatic nitrogens is 2. The van der Waals surface area contributed by atoms with E-state index < -0.39 is 5.97 Å². The van der Waals surface area contributed by atoms with Crippen LogP contribution in [-0.2, 0) is 11.3 Å². The number of carboxylic acid groups (broad SMARTS) is 1. The lowest BCUT2D eigenvalue weighted by molar-refractivity contribution is -0.137. The molecule has 6 nitrogen and oxygen atoms in total. The second-order valence-electron chi connectivity index (χ2n) is 3.64. The molecule has 2 N–H and O–H groups in total. The lowest BCUT2D eigenvalue weighted by Gasteiger charge is -2.02. The Hall–Kier alpha value is -2.63. The molecule has 0 bridgehead atoms. The van der Waals surface area contributed by atoms with Gasteiger partial charge in [-0.1, -0.05) is 18.2 Å². The van der Waals surface area contributed by atoms with Crippen LogP contribution in [0.3, 0.4) is 0 Å². The molecule has 18 heavy (non-hydrogen) atoms. The molecule has 0 aliphatic heterocycles. The summed E-state index contributed by atoms with van der Waals surface area (Å²) in [5.74, 6) is -1.33. The maximum atomic E-state index is 11.8. The third kappa shape index (κ3) is 2.94. The normalized spacial score (nSPS) is 10.0. The number of anilines is 1. The molecule has 6 heteroatoms. The van der Waals surface area contributed by atoms with Crippen LogP contribution in [0.2, 0.25) is 0 Å². The number of nitrogens with zero attached hydrogens (tertiary/aromatic N) is 2. The lowest BCUT2D eigenvalue weighted by Crippen LogP contribution is -2.12. The first-order chi connectivity index (χ1) is 8.65. The number of benzene rings is 1. The number of rotatable bonds is 4. The van der Waals surface area contributed by atoms with E-state index in [4.69, 9.17) is 5.11 Å². The highest BCUT2D eigenvalue weighted by molar-refractivity contribution is 6.03. The first-order valence-electron chi connectivity index (χ1n) is 5.26. The Labute approximate surface area is 103 Å². The number of carboxylic acids is 1. The third-order valence-electron chi connectivity index (χ3n) is 2.22. The van der Waals surface area contributed by atoms with Crippen molar-refractivity contribution >= 4 is 17.6 Å². The van der Waals surface area contributed by atoms with Crippen molar-refractivity contribution in [2.45, 2.75) is 6.54 Å². The van der Waals surface area contributed by atoms with Crippen LogP contribution in [0.4, 0.5) is 5.69 Å². The van der Waals surface area contributed by atoms with Crippen molar-refractivity contribution in [3.8, 4) is 0 Å². The van der Waals surface area contributed by atoms with Gasteiger partial charge in [-0.3, -0.25) is 14.3 Å². The van der Waals surface area contributed by atoms with Crippen LogP contribution >= 0.6 is 0 Å². The van der Waals surface area contributed by atoms with E-state index in [9.17, 15) is 9.59 Å². The molecule has 1 aromatic carbocycles. The molecule has 0 radical (unpaired) electrons. The van der Waals surface area contributed by atoms with E-state index in [-0.39, 0.29) is 12.5 Å². The van der Waals surface area contributed by atoms with E-state index in [0.29, 0.717) is 11.3 Å². The smallest absolute Gasteiger partial charge is 0.325 e. The zero-order valence-corrected chi connectivity index (χ0v) is 9.41. The van der Waals surface area contributed by atoms with Gasteiger partial charge in [0, 0.05) is 11.9 Å². The Bertz CT molecular complexity index is 563. The number of amides is 1. The van der Waals surface area contributed by atoms with Crippen LogP contribution in [0.1, 0.15) is 10.4 Å². The van der Waals surface area contributed by atoms with Gasteiger partial charge in [-0.15, -0.1) is 0 Å². The minimum atomic E-state index is -1.01. The maximum Gasteiger partial charge on any atom is 0.325 e. The Balaban J connectivity index is 2.05. The molecule has 0 saturated heterocycles. The quantitative estimate of drug-likeness (QED) is 0.848. The average Bonchev–Trinajstić information content (AvgIpc) is 2.78.